The van der Waals surface area contributed by atoms with E-state index in [1.165, 1.54) is 28.3 Å². The highest BCUT2D eigenvalue weighted by atomic mass is 35.5. The molecule has 0 unspecified atom stereocenters. The maximum atomic E-state index is 12.5. The number of unbranched alkanes of at least 4 members (excludes halogenated alkanes) is 1. The molecular weight excluding hydrogens is 493 g/mol. The van der Waals surface area contributed by atoms with E-state index in [1.54, 1.807) is 31.3 Å². The Morgan fingerprint density at radius 2 is 1.26 bits per heavy atom. The predicted molar refractivity (Wildman–Crippen MR) is 138 cm³/mol. The molecule has 0 spiro atoms. The Kier molecular flexibility index (Phi) is 10.4. The second kappa shape index (κ2) is 13.0. The molecule has 0 aliphatic carbocycles. The van der Waals surface area contributed by atoms with Gasteiger partial charge in [-0.05, 0) is 53.8 Å². The van der Waals surface area contributed by atoms with Crippen molar-refractivity contribution >= 4 is 46.5 Å². The monoisotopic (exact) mass is 521 g/mol. The number of rotatable bonds is 10. The molecule has 0 bridgehead atoms. The molecule has 0 aliphatic rings. The minimum absolute atomic E-state index is 0.0660. The van der Waals surface area contributed by atoms with E-state index < -0.39 is 0 Å². The van der Waals surface area contributed by atoms with Crippen LogP contribution >= 0.6 is 23.2 Å². The van der Waals surface area contributed by atoms with Gasteiger partial charge in [-0.15, -0.1) is 0 Å². The van der Waals surface area contributed by atoms with Crippen LogP contribution in [-0.4, -0.2) is 53.1 Å². The van der Waals surface area contributed by atoms with E-state index in [-0.39, 0.29) is 50.4 Å². The van der Waals surface area contributed by atoms with Crippen molar-refractivity contribution in [2.45, 2.75) is 19.3 Å². The van der Waals surface area contributed by atoms with E-state index in [0.717, 1.165) is 0 Å². The molecule has 35 heavy (non-hydrogen) atoms. The van der Waals surface area contributed by atoms with Crippen LogP contribution in [0.25, 0.3) is 5.57 Å². The van der Waals surface area contributed by atoms with E-state index in [2.05, 4.69) is 16.0 Å². The normalized spacial score (nSPS) is 10.3. The zero-order valence-corrected chi connectivity index (χ0v) is 21.8. The SMILES string of the molecule is CNC(=O)CCCC=C(c1cc(Cl)c(OC)c(C(=O)NC)c1)c1cc(Cl)c(OC)c(C(=O)NC)c1. The van der Waals surface area contributed by atoms with Gasteiger partial charge in [0, 0.05) is 27.6 Å². The summed E-state index contributed by atoms with van der Waals surface area (Å²) in [5.41, 5.74) is 2.39. The lowest BCUT2D eigenvalue weighted by atomic mass is 9.92. The van der Waals surface area contributed by atoms with Crippen molar-refractivity contribution in [1.29, 1.82) is 0 Å². The number of methoxy groups -OCH3 is 2. The lowest BCUT2D eigenvalue weighted by Gasteiger charge is -2.17. The number of benzene rings is 2. The standard InChI is InChI=1S/C25H29Cl2N3O5/c1-28-21(31)9-7-6-8-16(14-10-17(24(32)29-2)22(34-4)19(26)12-14)15-11-18(25(33)30-3)23(35-5)20(27)13-15/h8,10-13H,6-7,9H2,1-5H3,(H,28,31)(H,29,32)(H,30,33). The number of carbonyl (C=O) groups is 3. The topological polar surface area (TPSA) is 106 Å². The molecule has 0 aromatic heterocycles. The fraction of sp³-hybridized carbons (Fsp3) is 0.320. The molecule has 0 fully saturated rings. The van der Waals surface area contributed by atoms with Gasteiger partial charge in [0.1, 0.15) is 11.5 Å². The largest absolute Gasteiger partial charge is 0.494 e. The highest BCUT2D eigenvalue weighted by Crippen LogP contribution is 2.38. The second-order valence-corrected chi connectivity index (χ2v) is 8.23. The minimum atomic E-state index is -0.372. The molecule has 2 aromatic rings. The van der Waals surface area contributed by atoms with Gasteiger partial charge in [0.2, 0.25) is 5.91 Å². The fourth-order valence-corrected chi connectivity index (χ4v) is 4.15. The number of amides is 3. The van der Waals surface area contributed by atoms with E-state index in [9.17, 15) is 14.4 Å². The molecular formula is C25H29Cl2N3O5. The number of allylic oxidation sites excluding steroid dienone is 1. The summed E-state index contributed by atoms with van der Waals surface area (Å²) in [6, 6.07) is 6.67. The Morgan fingerprint density at radius 3 is 1.63 bits per heavy atom. The third kappa shape index (κ3) is 6.68. The highest BCUT2D eigenvalue weighted by Gasteiger charge is 2.21. The van der Waals surface area contributed by atoms with Gasteiger partial charge in [0.25, 0.3) is 11.8 Å². The van der Waals surface area contributed by atoms with Crippen molar-refractivity contribution in [3.05, 3.63) is 62.6 Å². The molecule has 2 rings (SSSR count). The molecule has 2 aromatic carbocycles. The second-order valence-electron chi connectivity index (χ2n) is 7.42. The fourth-order valence-electron chi connectivity index (χ4n) is 3.56. The zero-order chi connectivity index (χ0) is 26.1. The van der Waals surface area contributed by atoms with Gasteiger partial charge in [-0.2, -0.15) is 0 Å². The van der Waals surface area contributed by atoms with Crippen LogP contribution in [-0.2, 0) is 4.79 Å². The molecule has 8 nitrogen and oxygen atoms in total. The van der Waals surface area contributed by atoms with Crippen LogP contribution in [0.4, 0.5) is 0 Å². The zero-order valence-electron chi connectivity index (χ0n) is 20.3. The first-order valence-electron chi connectivity index (χ1n) is 10.8. The van der Waals surface area contributed by atoms with E-state index in [1.807, 2.05) is 6.08 Å². The number of nitrogens with one attached hydrogen (secondary N) is 3. The quantitative estimate of drug-likeness (QED) is 0.408. The first-order chi connectivity index (χ1) is 16.7. The summed E-state index contributed by atoms with van der Waals surface area (Å²) in [5, 5.41) is 8.25. The Bertz CT molecular complexity index is 1070. The minimum Gasteiger partial charge on any atom is -0.494 e. The number of carbonyl (C=O) groups excluding carboxylic acids is 3. The predicted octanol–water partition coefficient (Wildman–Crippen LogP) is 4.08. The van der Waals surface area contributed by atoms with E-state index in [4.69, 9.17) is 32.7 Å². The number of hydrogen-bond acceptors (Lipinski definition) is 5. The first kappa shape index (κ1) is 28.0. The summed E-state index contributed by atoms with van der Waals surface area (Å²) >= 11 is 13.0. The maximum absolute atomic E-state index is 12.5. The van der Waals surface area contributed by atoms with Gasteiger partial charge < -0.3 is 25.4 Å². The molecule has 0 atom stereocenters. The van der Waals surface area contributed by atoms with Crippen molar-refractivity contribution in [3.8, 4) is 11.5 Å². The van der Waals surface area contributed by atoms with Crippen LogP contribution in [0, 0.1) is 0 Å². The average Bonchev–Trinajstić information content (AvgIpc) is 2.86. The molecule has 0 radical (unpaired) electrons. The molecule has 188 valence electrons. The number of ether oxygens (including phenoxy) is 2. The third-order valence-corrected chi connectivity index (χ3v) is 5.86. The summed E-state index contributed by atoms with van der Waals surface area (Å²) in [6.45, 7) is 0. The van der Waals surface area contributed by atoms with Gasteiger partial charge in [0.05, 0.1) is 35.4 Å². The average molecular weight is 522 g/mol. The molecule has 3 N–H and O–H groups in total. The molecule has 0 heterocycles. The molecule has 0 saturated heterocycles. The van der Waals surface area contributed by atoms with Crippen molar-refractivity contribution in [2.75, 3.05) is 35.4 Å². The Morgan fingerprint density at radius 1 is 0.800 bits per heavy atom. The Hall–Kier alpha value is -3.23. The van der Waals surface area contributed by atoms with Crippen LogP contribution < -0.4 is 25.4 Å². The highest BCUT2D eigenvalue weighted by molar-refractivity contribution is 6.33. The van der Waals surface area contributed by atoms with Crippen molar-refractivity contribution in [2.24, 2.45) is 0 Å². The van der Waals surface area contributed by atoms with E-state index >= 15 is 0 Å². The lowest BCUT2D eigenvalue weighted by Crippen LogP contribution is -2.19. The van der Waals surface area contributed by atoms with E-state index in [0.29, 0.717) is 36.0 Å². The Labute approximate surface area is 215 Å². The van der Waals surface area contributed by atoms with Crippen LogP contribution in [0.2, 0.25) is 10.0 Å². The van der Waals surface area contributed by atoms with Crippen molar-refractivity contribution < 1.29 is 23.9 Å². The molecule has 0 saturated carbocycles. The number of halogens is 2. The van der Waals surface area contributed by atoms with Gasteiger partial charge in [-0.25, -0.2) is 0 Å². The van der Waals surface area contributed by atoms with Gasteiger partial charge in [0.15, 0.2) is 0 Å². The summed E-state index contributed by atoms with van der Waals surface area (Å²) in [6.07, 6.45) is 3.39. The molecule has 10 heteroatoms. The summed E-state index contributed by atoms with van der Waals surface area (Å²) in [7, 11) is 7.47. The molecule has 0 aliphatic heterocycles. The van der Waals surface area contributed by atoms with Gasteiger partial charge >= 0.3 is 0 Å². The Balaban J connectivity index is 2.73. The number of hydrogen-bond donors (Lipinski definition) is 3. The van der Waals surface area contributed by atoms with Gasteiger partial charge in [-0.1, -0.05) is 29.3 Å². The smallest absolute Gasteiger partial charge is 0.254 e. The van der Waals surface area contributed by atoms with Crippen molar-refractivity contribution in [1.82, 2.24) is 16.0 Å². The summed E-state index contributed by atoms with van der Waals surface area (Å²) in [5.74, 6) is -0.324. The summed E-state index contributed by atoms with van der Waals surface area (Å²) < 4.78 is 10.7. The molecule has 3 amide bonds. The van der Waals surface area contributed by atoms with Crippen LogP contribution in [0.3, 0.4) is 0 Å². The maximum Gasteiger partial charge on any atom is 0.254 e. The van der Waals surface area contributed by atoms with Crippen LogP contribution in [0.1, 0.15) is 51.1 Å². The van der Waals surface area contributed by atoms with Gasteiger partial charge in [-0.3, -0.25) is 14.4 Å². The van der Waals surface area contributed by atoms with Crippen LogP contribution in [0.15, 0.2) is 30.3 Å². The first-order valence-corrected chi connectivity index (χ1v) is 11.6. The van der Waals surface area contributed by atoms with Crippen LogP contribution in [0.5, 0.6) is 11.5 Å². The summed E-state index contributed by atoms with van der Waals surface area (Å²) in [4.78, 5) is 36.7. The third-order valence-electron chi connectivity index (χ3n) is 5.30. The lowest BCUT2D eigenvalue weighted by molar-refractivity contribution is -0.120. The van der Waals surface area contributed by atoms with Crippen molar-refractivity contribution in [3.63, 3.8) is 0 Å².